The van der Waals surface area contributed by atoms with Crippen molar-refractivity contribution in [2.24, 2.45) is 5.92 Å². The molecule has 138 valence electrons. The van der Waals surface area contributed by atoms with Gasteiger partial charge in [-0.2, -0.15) is 0 Å². The molecule has 1 saturated heterocycles. The average molecular weight is 367 g/mol. The van der Waals surface area contributed by atoms with E-state index >= 15 is 0 Å². The topological polar surface area (TPSA) is 37.4 Å². The number of aryl methyl sites for hydroxylation is 1. The van der Waals surface area contributed by atoms with Gasteiger partial charge < -0.3 is 0 Å². The highest BCUT2D eigenvalue weighted by atomic mass is 16.2. The first kappa shape index (κ1) is 17.9. The quantitative estimate of drug-likeness (QED) is 0.490. The number of amides is 2. The predicted molar refractivity (Wildman–Crippen MR) is 112 cm³/mol. The van der Waals surface area contributed by atoms with Crippen LogP contribution in [0.1, 0.15) is 16.7 Å². The van der Waals surface area contributed by atoms with E-state index < -0.39 is 5.92 Å². The molecule has 28 heavy (non-hydrogen) atoms. The summed E-state index contributed by atoms with van der Waals surface area (Å²) in [4.78, 5) is 27.8. The molecule has 1 aliphatic heterocycles. The molecule has 1 aliphatic rings. The molecule has 0 radical (unpaired) electrons. The predicted octanol–water partition coefficient (Wildman–Crippen LogP) is 4.81. The van der Waals surface area contributed by atoms with Crippen molar-refractivity contribution in [3.63, 3.8) is 0 Å². The minimum atomic E-state index is -0.489. The van der Waals surface area contributed by atoms with E-state index in [1.807, 2.05) is 97.9 Å². The van der Waals surface area contributed by atoms with Gasteiger partial charge in [0.05, 0.1) is 11.6 Å². The number of rotatable bonds is 4. The second kappa shape index (κ2) is 7.65. The van der Waals surface area contributed by atoms with Gasteiger partial charge in [0, 0.05) is 5.57 Å². The van der Waals surface area contributed by atoms with Crippen LogP contribution in [0.4, 0.5) is 5.69 Å². The minimum absolute atomic E-state index is 0.167. The van der Waals surface area contributed by atoms with E-state index in [4.69, 9.17) is 0 Å². The van der Waals surface area contributed by atoms with E-state index in [0.717, 1.165) is 16.7 Å². The number of imide groups is 1. The van der Waals surface area contributed by atoms with Gasteiger partial charge in [-0.3, -0.25) is 9.59 Å². The number of nitrogens with zero attached hydrogens (tertiary/aromatic N) is 1. The summed E-state index contributed by atoms with van der Waals surface area (Å²) in [6.07, 6.45) is 2.36. The van der Waals surface area contributed by atoms with Crippen molar-refractivity contribution < 1.29 is 9.59 Å². The van der Waals surface area contributed by atoms with Gasteiger partial charge in [-0.25, -0.2) is 4.90 Å². The van der Waals surface area contributed by atoms with Gasteiger partial charge in [-0.05, 0) is 42.7 Å². The summed E-state index contributed by atoms with van der Waals surface area (Å²) >= 11 is 0. The molecule has 0 aliphatic carbocycles. The van der Waals surface area contributed by atoms with Crippen LogP contribution in [0.5, 0.6) is 0 Å². The Morgan fingerprint density at radius 2 is 1.43 bits per heavy atom. The lowest BCUT2D eigenvalue weighted by Crippen LogP contribution is -2.30. The molecule has 1 fully saturated rings. The maximum atomic E-state index is 13.3. The summed E-state index contributed by atoms with van der Waals surface area (Å²) < 4.78 is 0. The molecular formula is C25H21NO2. The molecule has 3 aromatic carbocycles. The van der Waals surface area contributed by atoms with Gasteiger partial charge in [-0.1, -0.05) is 78.4 Å². The zero-order valence-electron chi connectivity index (χ0n) is 15.7. The molecule has 0 N–H and O–H groups in total. The lowest BCUT2D eigenvalue weighted by Gasteiger charge is -2.14. The zero-order valence-corrected chi connectivity index (χ0v) is 15.7. The summed E-state index contributed by atoms with van der Waals surface area (Å²) in [5.41, 5.74) is 4.21. The van der Waals surface area contributed by atoms with Gasteiger partial charge in [0.25, 0.3) is 5.91 Å². The second-order valence-electron chi connectivity index (χ2n) is 7.07. The fourth-order valence-corrected chi connectivity index (χ4v) is 3.54. The van der Waals surface area contributed by atoms with Crippen LogP contribution in [0.15, 0.2) is 90.5 Å². The lowest BCUT2D eigenvalue weighted by molar-refractivity contribution is -0.122. The van der Waals surface area contributed by atoms with Gasteiger partial charge in [0.1, 0.15) is 0 Å². The van der Waals surface area contributed by atoms with E-state index in [2.05, 4.69) is 0 Å². The van der Waals surface area contributed by atoms with Gasteiger partial charge in [0.15, 0.2) is 0 Å². The van der Waals surface area contributed by atoms with Gasteiger partial charge in [-0.15, -0.1) is 0 Å². The molecular weight excluding hydrogens is 346 g/mol. The van der Waals surface area contributed by atoms with Gasteiger partial charge in [0.2, 0.25) is 5.91 Å². The Morgan fingerprint density at radius 3 is 2.07 bits per heavy atom. The third kappa shape index (κ3) is 3.52. The Hall–Kier alpha value is -3.46. The van der Waals surface area contributed by atoms with Crippen molar-refractivity contribution in [3.05, 3.63) is 107 Å². The molecule has 4 rings (SSSR count). The summed E-state index contributed by atoms with van der Waals surface area (Å²) in [5.74, 6) is -0.894. The van der Waals surface area contributed by atoms with E-state index in [1.54, 1.807) is 0 Å². The maximum absolute atomic E-state index is 13.3. The van der Waals surface area contributed by atoms with Crippen LogP contribution >= 0.6 is 0 Å². The van der Waals surface area contributed by atoms with Crippen molar-refractivity contribution in [2.75, 3.05) is 4.90 Å². The van der Waals surface area contributed by atoms with E-state index in [9.17, 15) is 9.59 Å². The van der Waals surface area contributed by atoms with Crippen molar-refractivity contribution in [1.29, 1.82) is 0 Å². The number of hydrogen-bond acceptors (Lipinski definition) is 2. The summed E-state index contributed by atoms with van der Waals surface area (Å²) in [6.45, 7) is 1.98. The normalized spacial score (nSPS) is 18.1. The zero-order chi connectivity index (χ0) is 19.5. The first-order valence-electron chi connectivity index (χ1n) is 9.39. The van der Waals surface area contributed by atoms with E-state index in [0.29, 0.717) is 17.7 Å². The average Bonchev–Trinajstić information content (AvgIpc) is 2.94. The van der Waals surface area contributed by atoms with Crippen molar-refractivity contribution >= 4 is 23.6 Å². The molecule has 3 nitrogen and oxygen atoms in total. The molecule has 2 amide bonds. The number of carbonyl (C=O) groups excluding carboxylic acids is 2. The highest BCUT2D eigenvalue weighted by Gasteiger charge is 2.43. The molecule has 1 atom stereocenters. The highest BCUT2D eigenvalue weighted by molar-refractivity contribution is 6.30. The summed E-state index contributed by atoms with van der Waals surface area (Å²) in [5, 5.41) is 0. The van der Waals surface area contributed by atoms with Crippen LogP contribution in [0, 0.1) is 12.8 Å². The van der Waals surface area contributed by atoms with Crippen molar-refractivity contribution in [3.8, 4) is 0 Å². The van der Waals surface area contributed by atoms with E-state index in [1.165, 1.54) is 4.90 Å². The van der Waals surface area contributed by atoms with Gasteiger partial charge >= 0.3 is 0 Å². The van der Waals surface area contributed by atoms with E-state index in [-0.39, 0.29) is 11.8 Å². The Bertz CT molecular complexity index is 1020. The Balaban J connectivity index is 1.76. The number of hydrogen-bond donors (Lipinski definition) is 0. The largest absolute Gasteiger partial charge is 0.273 e. The first-order valence-corrected chi connectivity index (χ1v) is 9.39. The summed E-state index contributed by atoms with van der Waals surface area (Å²) in [7, 11) is 0. The molecule has 3 heteroatoms. The first-order chi connectivity index (χ1) is 13.6. The van der Waals surface area contributed by atoms with Crippen LogP contribution in [0.3, 0.4) is 0 Å². The van der Waals surface area contributed by atoms with Crippen molar-refractivity contribution in [1.82, 2.24) is 0 Å². The van der Waals surface area contributed by atoms with Crippen LogP contribution in [-0.2, 0) is 16.0 Å². The monoisotopic (exact) mass is 367 g/mol. The van der Waals surface area contributed by atoms with Crippen LogP contribution < -0.4 is 4.90 Å². The second-order valence-corrected chi connectivity index (χ2v) is 7.07. The minimum Gasteiger partial charge on any atom is -0.273 e. The number of carbonyl (C=O) groups is 2. The Morgan fingerprint density at radius 1 is 0.821 bits per heavy atom. The fraction of sp³-hybridized carbons (Fsp3) is 0.120. The number of anilines is 1. The molecule has 0 bridgehead atoms. The fourth-order valence-electron chi connectivity index (χ4n) is 3.54. The van der Waals surface area contributed by atoms with Crippen LogP contribution in [-0.4, -0.2) is 11.8 Å². The number of benzene rings is 3. The third-order valence-electron chi connectivity index (χ3n) is 5.04. The maximum Gasteiger partial charge on any atom is 0.261 e. The standard InChI is InChI=1S/C25H21NO2/c1-18-12-14-21(15-13-18)26-24(27)22(16-19-8-4-2-5-9-19)23(25(26)28)17-20-10-6-3-7-11-20/h2-16,23H,17H2,1H3/b22-16+. The van der Waals surface area contributed by atoms with Crippen LogP contribution in [0.25, 0.3) is 6.08 Å². The molecule has 1 unspecified atom stereocenters. The Labute approximate surface area is 164 Å². The molecule has 1 heterocycles. The third-order valence-corrected chi connectivity index (χ3v) is 5.04. The Kier molecular flexibility index (Phi) is 4.90. The van der Waals surface area contributed by atoms with Crippen LogP contribution in [0.2, 0.25) is 0 Å². The van der Waals surface area contributed by atoms with Crippen molar-refractivity contribution in [2.45, 2.75) is 13.3 Å². The SMILES string of the molecule is Cc1ccc(N2C(=O)/C(=C/c3ccccc3)C(Cc3ccccc3)C2=O)cc1. The lowest BCUT2D eigenvalue weighted by atomic mass is 9.92. The highest BCUT2D eigenvalue weighted by Crippen LogP contribution is 2.34. The smallest absolute Gasteiger partial charge is 0.261 e. The summed E-state index contributed by atoms with van der Waals surface area (Å²) in [6, 6.07) is 27.0. The molecule has 0 spiro atoms. The molecule has 0 aromatic heterocycles. The molecule has 0 saturated carbocycles. The molecule has 3 aromatic rings.